The standard InChI is InChI=1S/C17H20N2O/c20-17-15-10-14(15)16(18-19-17)13-8-6-12(7-9-13)11-4-2-1-3-5-11/h6-9,11,14-15H,1-5,10H2,(H,19,20). The Morgan fingerprint density at radius 3 is 2.50 bits per heavy atom. The molecule has 2 unspecified atom stereocenters. The van der Waals surface area contributed by atoms with Gasteiger partial charge >= 0.3 is 0 Å². The summed E-state index contributed by atoms with van der Waals surface area (Å²) in [5.41, 5.74) is 6.37. The molecule has 1 aromatic rings. The zero-order chi connectivity index (χ0) is 13.5. The number of hydrazone groups is 1. The van der Waals surface area contributed by atoms with E-state index in [-0.39, 0.29) is 11.8 Å². The molecule has 3 nitrogen and oxygen atoms in total. The van der Waals surface area contributed by atoms with Crippen LogP contribution in [-0.4, -0.2) is 11.6 Å². The van der Waals surface area contributed by atoms with Crippen molar-refractivity contribution in [1.29, 1.82) is 0 Å². The summed E-state index contributed by atoms with van der Waals surface area (Å²) >= 11 is 0. The molecule has 1 heterocycles. The number of carbonyl (C=O) groups excluding carboxylic acids is 1. The highest BCUT2D eigenvalue weighted by atomic mass is 16.2. The van der Waals surface area contributed by atoms with Gasteiger partial charge in [0.15, 0.2) is 0 Å². The minimum Gasteiger partial charge on any atom is -0.273 e. The second-order valence-corrected chi connectivity index (χ2v) is 6.38. The first-order valence-electron chi connectivity index (χ1n) is 7.81. The molecule has 0 spiro atoms. The van der Waals surface area contributed by atoms with E-state index in [0.717, 1.165) is 18.1 Å². The second-order valence-electron chi connectivity index (χ2n) is 6.38. The van der Waals surface area contributed by atoms with E-state index in [1.165, 1.54) is 43.2 Å². The molecule has 1 aliphatic heterocycles. The van der Waals surface area contributed by atoms with Crippen LogP contribution in [-0.2, 0) is 4.79 Å². The normalized spacial score (nSPS) is 29.4. The Balaban J connectivity index is 1.54. The van der Waals surface area contributed by atoms with Crippen LogP contribution in [0.2, 0.25) is 0 Å². The van der Waals surface area contributed by atoms with E-state index in [1.54, 1.807) is 0 Å². The van der Waals surface area contributed by atoms with Crippen LogP contribution in [0.3, 0.4) is 0 Å². The van der Waals surface area contributed by atoms with Crippen LogP contribution < -0.4 is 5.43 Å². The van der Waals surface area contributed by atoms with Gasteiger partial charge in [0.1, 0.15) is 0 Å². The molecule has 104 valence electrons. The number of benzene rings is 1. The average Bonchev–Trinajstić information content (AvgIpc) is 3.30. The van der Waals surface area contributed by atoms with E-state index in [2.05, 4.69) is 34.8 Å². The smallest absolute Gasteiger partial charge is 0.243 e. The van der Waals surface area contributed by atoms with Gasteiger partial charge in [0, 0.05) is 11.8 Å². The molecule has 2 saturated carbocycles. The van der Waals surface area contributed by atoms with Gasteiger partial charge in [-0.2, -0.15) is 5.10 Å². The predicted molar refractivity (Wildman–Crippen MR) is 78.5 cm³/mol. The molecular formula is C17H20N2O. The highest BCUT2D eigenvalue weighted by Gasteiger charge is 2.49. The zero-order valence-corrected chi connectivity index (χ0v) is 11.6. The zero-order valence-electron chi connectivity index (χ0n) is 11.6. The number of amides is 1. The summed E-state index contributed by atoms with van der Waals surface area (Å²) in [6, 6.07) is 8.91. The Morgan fingerprint density at radius 1 is 1.00 bits per heavy atom. The molecule has 4 rings (SSSR count). The number of hydrogen-bond acceptors (Lipinski definition) is 2. The summed E-state index contributed by atoms with van der Waals surface area (Å²) in [5.74, 6) is 1.39. The number of hydrogen-bond donors (Lipinski definition) is 1. The Bertz CT molecular complexity index is 555. The maximum absolute atomic E-state index is 11.5. The van der Waals surface area contributed by atoms with Crippen LogP contribution in [0.25, 0.3) is 0 Å². The van der Waals surface area contributed by atoms with Crippen molar-refractivity contribution in [3.63, 3.8) is 0 Å². The van der Waals surface area contributed by atoms with E-state index in [9.17, 15) is 4.79 Å². The highest BCUT2D eigenvalue weighted by molar-refractivity contribution is 6.09. The quantitative estimate of drug-likeness (QED) is 0.879. The summed E-state index contributed by atoms with van der Waals surface area (Å²) in [4.78, 5) is 11.5. The Kier molecular flexibility index (Phi) is 2.86. The maximum Gasteiger partial charge on any atom is 0.243 e. The molecule has 20 heavy (non-hydrogen) atoms. The monoisotopic (exact) mass is 268 g/mol. The van der Waals surface area contributed by atoms with Crippen molar-refractivity contribution in [3.8, 4) is 0 Å². The van der Waals surface area contributed by atoms with Gasteiger partial charge in [-0.1, -0.05) is 43.5 Å². The van der Waals surface area contributed by atoms with Crippen molar-refractivity contribution in [2.24, 2.45) is 16.9 Å². The van der Waals surface area contributed by atoms with Crippen molar-refractivity contribution >= 4 is 11.6 Å². The maximum atomic E-state index is 11.5. The van der Waals surface area contributed by atoms with E-state index < -0.39 is 0 Å². The first kappa shape index (κ1) is 12.1. The largest absolute Gasteiger partial charge is 0.273 e. The molecule has 3 heteroatoms. The summed E-state index contributed by atoms with van der Waals surface area (Å²) in [6.45, 7) is 0. The summed E-state index contributed by atoms with van der Waals surface area (Å²) in [7, 11) is 0. The van der Waals surface area contributed by atoms with Gasteiger partial charge in [0.25, 0.3) is 0 Å². The third kappa shape index (κ3) is 2.05. The Labute approximate surface area is 119 Å². The van der Waals surface area contributed by atoms with Gasteiger partial charge in [0.2, 0.25) is 5.91 Å². The number of rotatable bonds is 2. The van der Waals surface area contributed by atoms with Gasteiger partial charge in [-0.25, -0.2) is 5.43 Å². The van der Waals surface area contributed by atoms with Crippen molar-refractivity contribution in [3.05, 3.63) is 35.4 Å². The molecule has 0 saturated heterocycles. The lowest BCUT2D eigenvalue weighted by atomic mass is 9.83. The highest BCUT2D eigenvalue weighted by Crippen LogP contribution is 2.43. The molecule has 0 aromatic heterocycles. The van der Waals surface area contributed by atoms with Crippen LogP contribution >= 0.6 is 0 Å². The van der Waals surface area contributed by atoms with Gasteiger partial charge in [0.05, 0.1) is 5.71 Å². The predicted octanol–water partition coefficient (Wildman–Crippen LogP) is 3.20. The van der Waals surface area contributed by atoms with Crippen molar-refractivity contribution < 1.29 is 4.79 Å². The molecule has 0 radical (unpaired) electrons. The fourth-order valence-corrected chi connectivity index (χ4v) is 3.71. The van der Waals surface area contributed by atoms with Gasteiger partial charge in [-0.05, 0) is 36.3 Å². The Morgan fingerprint density at radius 2 is 1.75 bits per heavy atom. The van der Waals surface area contributed by atoms with Gasteiger partial charge in [-0.3, -0.25) is 4.79 Å². The van der Waals surface area contributed by atoms with Gasteiger partial charge in [-0.15, -0.1) is 0 Å². The minimum absolute atomic E-state index is 0.0950. The fraction of sp³-hybridized carbons (Fsp3) is 0.529. The SMILES string of the molecule is O=C1NN=C(c2ccc(C3CCCCC3)cc2)C2CC12. The average molecular weight is 268 g/mol. The molecule has 1 N–H and O–H groups in total. The van der Waals surface area contributed by atoms with Crippen molar-refractivity contribution in [2.45, 2.75) is 44.4 Å². The van der Waals surface area contributed by atoms with Crippen molar-refractivity contribution in [1.82, 2.24) is 5.43 Å². The van der Waals surface area contributed by atoms with E-state index >= 15 is 0 Å². The van der Waals surface area contributed by atoms with Crippen molar-refractivity contribution in [2.75, 3.05) is 0 Å². The van der Waals surface area contributed by atoms with Crippen LogP contribution in [0.5, 0.6) is 0 Å². The molecule has 0 bridgehead atoms. The van der Waals surface area contributed by atoms with E-state index in [4.69, 9.17) is 0 Å². The molecule has 2 aliphatic carbocycles. The van der Waals surface area contributed by atoms with Crippen LogP contribution in [0.15, 0.2) is 29.4 Å². The first-order chi connectivity index (χ1) is 9.83. The number of nitrogens with one attached hydrogen (secondary N) is 1. The number of nitrogens with zero attached hydrogens (tertiary/aromatic N) is 1. The lowest BCUT2D eigenvalue weighted by Crippen LogP contribution is -2.28. The van der Waals surface area contributed by atoms with Gasteiger partial charge < -0.3 is 0 Å². The topological polar surface area (TPSA) is 41.5 Å². The lowest BCUT2D eigenvalue weighted by molar-refractivity contribution is -0.122. The fourth-order valence-electron chi connectivity index (χ4n) is 3.71. The number of fused-ring (bicyclic) bond motifs is 1. The molecular weight excluding hydrogens is 248 g/mol. The molecule has 1 amide bonds. The molecule has 3 aliphatic rings. The summed E-state index contributed by atoms with van der Waals surface area (Å²) in [6.07, 6.45) is 7.77. The summed E-state index contributed by atoms with van der Waals surface area (Å²) in [5, 5.41) is 4.26. The third-order valence-electron chi connectivity index (χ3n) is 5.05. The lowest BCUT2D eigenvalue weighted by Gasteiger charge is -2.22. The molecule has 2 fully saturated rings. The molecule has 2 atom stereocenters. The van der Waals surface area contributed by atoms with Crippen LogP contribution in [0.1, 0.15) is 55.6 Å². The first-order valence-corrected chi connectivity index (χ1v) is 7.81. The van der Waals surface area contributed by atoms with E-state index in [0.29, 0.717) is 5.92 Å². The minimum atomic E-state index is 0.0950. The second kappa shape index (κ2) is 4.72. The third-order valence-corrected chi connectivity index (χ3v) is 5.05. The van der Waals surface area contributed by atoms with E-state index in [1.807, 2.05) is 0 Å². The summed E-state index contributed by atoms with van der Waals surface area (Å²) < 4.78 is 0. The van der Waals surface area contributed by atoms with Crippen LogP contribution in [0, 0.1) is 11.8 Å². The number of carbonyl (C=O) groups is 1. The Hall–Kier alpha value is -1.64. The molecule has 1 aromatic carbocycles. The van der Waals surface area contributed by atoms with Crippen LogP contribution in [0.4, 0.5) is 0 Å².